The molecule has 0 saturated heterocycles. The Bertz CT molecular complexity index is 701. The number of hydrogen-bond acceptors (Lipinski definition) is 2. The largest absolute Gasteiger partial charge is 0.352 e. The Hall–Kier alpha value is -2.36. The molecule has 3 nitrogen and oxygen atoms in total. The highest BCUT2D eigenvalue weighted by molar-refractivity contribution is 5.77. The van der Waals surface area contributed by atoms with Gasteiger partial charge in [-0.1, -0.05) is 29.8 Å². The molecule has 19 heavy (non-hydrogen) atoms. The van der Waals surface area contributed by atoms with Gasteiger partial charge in [-0.05, 0) is 30.7 Å². The van der Waals surface area contributed by atoms with Crippen LogP contribution in [-0.4, -0.2) is 9.97 Å². The predicted octanol–water partition coefficient (Wildman–Crippen LogP) is 3.62. The van der Waals surface area contributed by atoms with Crippen molar-refractivity contribution < 1.29 is 4.39 Å². The quantitative estimate of drug-likeness (QED) is 0.750. The number of hydrogen-bond donors (Lipinski definition) is 2. The van der Waals surface area contributed by atoms with Gasteiger partial charge in [-0.2, -0.15) is 0 Å². The lowest BCUT2D eigenvalue weighted by atomic mass is 10.1. The van der Waals surface area contributed by atoms with Crippen LogP contribution < -0.4 is 5.32 Å². The van der Waals surface area contributed by atoms with Crippen LogP contribution in [0.3, 0.4) is 0 Å². The molecule has 0 bridgehead atoms. The van der Waals surface area contributed by atoms with Gasteiger partial charge in [0.25, 0.3) is 0 Å². The Morgan fingerprint density at radius 1 is 1.16 bits per heavy atom. The Morgan fingerprint density at radius 3 is 2.74 bits per heavy atom. The van der Waals surface area contributed by atoms with Crippen LogP contribution in [0.5, 0.6) is 0 Å². The van der Waals surface area contributed by atoms with E-state index in [1.54, 1.807) is 6.07 Å². The van der Waals surface area contributed by atoms with Gasteiger partial charge >= 0.3 is 0 Å². The van der Waals surface area contributed by atoms with Crippen LogP contribution in [0.25, 0.3) is 11.0 Å². The summed E-state index contributed by atoms with van der Waals surface area (Å²) in [6, 6.07) is 12.8. The van der Waals surface area contributed by atoms with Gasteiger partial charge in [0.15, 0.2) is 0 Å². The van der Waals surface area contributed by atoms with E-state index in [9.17, 15) is 4.39 Å². The van der Waals surface area contributed by atoms with E-state index in [1.165, 1.54) is 23.3 Å². The van der Waals surface area contributed by atoms with Crippen LogP contribution in [-0.2, 0) is 6.54 Å². The van der Waals surface area contributed by atoms with E-state index >= 15 is 0 Å². The monoisotopic (exact) mass is 255 g/mol. The minimum atomic E-state index is -0.263. The Labute approximate surface area is 110 Å². The summed E-state index contributed by atoms with van der Waals surface area (Å²) in [7, 11) is 0. The summed E-state index contributed by atoms with van der Waals surface area (Å²) in [5.41, 5.74) is 3.87. The Morgan fingerprint density at radius 2 is 1.95 bits per heavy atom. The van der Waals surface area contributed by atoms with Crippen molar-refractivity contribution >= 4 is 17.0 Å². The molecule has 0 spiro atoms. The van der Waals surface area contributed by atoms with Gasteiger partial charge in [0.2, 0.25) is 5.95 Å². The molecule has 0 fully saturated rings. The van der Waals surface area contributed by atoms with E-state index in [0.717, 1.165) is 5.52 Å². The topological polar surface area (TPSA) is 40.7 Å². The predicted molar refractivity (Wildman–Crippen MR) is 74.6 cm³/mol. The highest BCUT2D eigenvalue weighted by atomic mass is 19.1. The minimum Gasteiger partial charge on any atom is -0.352 e. The summed E-state index contributed by atoms with van der Waals surface area (Å²) in [4.78, 5) is 7.41. The fraction of sp³-hybridized carbons (Fsp3) is 0.133. The zero-order chi connectivity index (χ0) is 13.2. The molecule has 0 radical (unpaired) electrons. The van der Waals surface area contributed by atoms with Crippen molar-refractivity contribution in [3.63, 3.8) is 0 Å². The van der Waals surface area contributed by atoms with Crippen molar-refractivity contribution in [3.8, 4) is 0 Å². The van der Waals surface area contributed by atoms with Crippen molar-refractivity contribution in [2.45, 2.75) is 13.5 Å². The molecule has 0 aliphatic carbocycles. The van der Waals surface area contributed by atoms with Gasteiger partial charge < -0.3 is 10.3 Å². The summed E-state index contributed by atoms with van der Waals surface area (Å²) in [5, 5.41) is 3.20. The highest BCUT2D eigenvalue weighted by Gasteiger charge is 2.03. The summed E-state index contributed by atoms with van der Waals surface area (Å²) in [6.45, 7) is 2.74. The van der Waals surface area contributed by atoms with Crippen molar-refractivity contribution in [1.82, 2.24) is 9.97 Å². The minimum absolute atomic E-state index is 0.263. The molecule has 2 aromatic carbocycles. The fourth-order valence-electron chi connectivity index (χ4n) is 1.96. The number of aryl methyl sites for hydroxylation is 1. The van der Waals surface area contributed by atoms with Crippen LogP contribution in [0.15, 0.2) is 42.5 Å². The van der Waals surface area contributed by atoms with Crippen molar-refractivity contribution in [3.05, 3.63) is 59.4 Å². The molecule has 1 aromatic heterocycles. The first-order valence-corrected chi connectivity index (χ1v) is 6.15. The maximum absolute atomic E-state index is 13.1. The van der Waals surface area contributed by atoms with Crippen LogP contribution in [0.2, 0.25) is 0 Å². The number of fused-ring (bicyclic) bond motifs is 1. The number of benzene rings is 2. The number of aromatic nitrogens is 2. The third kappa shape index (κ3) is 2.57. The van der Waals surface area contributed by atoms with Crippen LogP contribution in [0.1, 0.15) is 11.1 Å². The average molecular weight is 255 g/mol. The number of aromatic amines is 1. The zero-order valence-corrected chi connectivity index (χ0v) is 10.6. The van der Waals surface area contributed by atoms with E-state index in [1.807, 2.05) is 0 Å². The van der Waals surface area contributed by atoms with Crippen LogP contribution >= 0.6 is 0 Å². The highest BCUT2D eigenvalue weighted by Crippen LogP contribution is 2.16. The molecular formula is C15H14FN3. The van der Waals surface area contributed by atoms with Crippen LogP contribution in [0, 0.1) is 12.7 Å². The second-order valence-electron chi connectivity index (χ2n) is 4.59. The third-order valence-electron chi connectivity index (χ3n) is 3.02. The molecule has 2 N–H and O–H groups in total. The smallest absolute Gasteiger partial charge is 0.201 e. The Kier molecular flexibility index (Phi) is 2.91. The molecule has 96 valence electrons. The van der Waals surface area contributed by atoms with Crippen molar-refractivity contribution in [2.24, 2.45) is 0 Å². The molecule has 3 rings (SSSR count). The number of H-pyrrole nitrogens is 1. The van der Waals surface area contributed by atoms with Gasteiger partial charge in [-0.3, -0.25) is 0 Å². The molecule has 0 saturated carbocycles. The lowest BCUT2D eigenvalue weighted by Gasteiger charge is -2.03. The number of anilines is 1. The van der Waals surface area contributed by atoms with Gasteiger partial charge in [0, 0.05) is 6.54 Å². The standard InChI is InChI=1S/C15H14FN3/c1-10-2-4-11(5-3-10)9-17-15-18-13-7-6-12(16)8-14(13)19-15/h2-8H,9H2,1H3,(H2,17,18,19). The molecular weight excluding hydrogens is 241 g/mol. The normalized spacial score (nSPS) is 10.8. The summed E-state index contributed by atoms with van der Waals surface area (Å²) in [5.74, 6) is 0.391. The van der Waals surface area contributed by atoms with Gasteiger partial charge in [0.1, 0.15) is 5.82 Å². The van der Waals surface area contributed by atoms with Gasteiger partial charge in [0.05, 0.1) is 11.0 Å². The van der Waals surface area contributed by atoms with E-state index in [4.69, 9.17) is 0 Å². The molecule has 1 heterocycles. The zero-order valence-electron chi connectivity index (χ0n) is 10.6. The SMILES string of the molecule is Cc1ccc(CNc2nc3ccc(F)cc3[nH]2)cc1. The Balaban J connectivity index is 1.76. The third-order valence-corrected chi connectivity index (χ3v) is 3.02. The molecule has 0 aliphatic heterocycles. The second-order valence-corrected chi connectivity index (χ2v) is 4.59. The maximum atomic E-state index is 13.1. The van der Waals surface area contributed by atoms with Crippen molar-refractivity contribution in [1.29, 1.82) is 0 Å². The lowest BCUT2D eigenvalue weighted by Crippen LogP contribution is -2.00. The first-order chi connectivity index (χ1) is 9.20. The van der Waals surface area contributed by atoms with Crippen LogP contribution in [0.4, 0.5) is 10.3 Å². The number of nitrogens with one attached hydrogen (secondary N) is 2. The molecule has 0 amide bonds. The maximum Gasteiger partial charge on any atom is 0.201 e. The van der Waals surface area contributed by atoms with E-state index in [0.29, 0.717) is 18.0 Å². The molecule has 0 atom stereocenters. The van der Waals surface area contributed by atoms with Crippen molar-refractivity contribution in [2.75, 3.05) is 5.32 Å². The number of imidazole rings is 1. The van der Waals surface area contributed by atoms with E-state index in [-0.39, 0.29) is 5.82 Å². The first kappa shape index (κ1) is 11.7. The number of nitrogens with zero attached hydrogens (tertiary/aromatic N) is 1. The van der Waals surface area contributed by atoms with Gasteiger partial charge in [-0.15, -0.1) is 0 Å². The molecule has 0 aliphatic rings. The summed E-state index contributed by atoms with van der Waals surface area (Å²) >= 11 is 0. The molecule has 0 unspecified atom stereocenters. The fourth-order valence-corrected chi connectivity index (χ4v) is 1.96. The summed E-state index contributed by atoms with van der Waals surface area (Å²) in [6.07, 6.45) is 0. The number of halogens is 1. The average Bonchev–Trinajstić information content (AvgIpc) is 2.80. The second kappa shape index (κ2) is 4.72. The summed E-state index contributed by atoms with van der Waals surface area (Å²) < 4.78 is 13.1. The van der Waals surface area contributed by atoms with E-state index in [2.05, 4.69) is 46.5 Å². The van der Waals surface area contributed by atoms with E-state index < -0.39 is 0 Å². The molecule has 4 heteroatoms. The molecule has 3 aromatic rings. The first-order valence-electron chi connectivity index (χ1n) is 6.15. The van der Waals surface area contributed by atoms with Gasteiger partial charge in [-0.25, -0.2) is 9.37 Å². The lowest BCUT2D eigenvalue weighted by molar-refractivity contribution is 0.629. The number of rotatable bonds is 3.